The average molecular weight is 364 g/mol. The molecule has 26 heavy (non-hydrogen) atoms. The summed E-state index contributed by atoms with van der Waals surface area (Å²) < 4.78 is 16.7. The van der Waals surface area contributed by atoms with E-state index in [0.717, 1.165) is 23.3 Å². The second-order valence-corrected chi connectivity index (χ2v) is 9.03. The first-order valence-electron chi connectivity index (χ1n) is 9.37. The highest BCUT2D eigenvalue weighted by molar-refractivity contribution is 5.83. The molecule has 6 nitrogen and oxygen atoms in total. The number of esters is 1. The number of aliphatic hydroxyl groups excluding tert-OH is 1. The fraction of sp³-hybridized carbons (Fsp3) is 0.750. The van der Waals surface area contributed by atoms with Gasteiger partial charge in [-0.15, -0.1) is 0 Å². The Morgan fingerprint density at radius 1 is 1.35 bits per heavy atom. The summed E-state index contributed by atoms with van der Waals surface area (Å²) in [5.41, 5.74) is -0.937. The zero-order chi connectivity index (χ0) is 19.1. The molecule has 2 aliphatic carbocycles. The molecule has 6 heteroatoms. The van der Waals surface area contributed by atoms with Gasteiger partial charge in [-0.25, -0.2) is 4.79 Å². The van der Waals surface area contributed by atoms with E-state index in [-0.39, 0.29) is 11.5 Å². The van der Waals surface area contributed by atoms with E-state index in [9.17, 15) is 15.0 Å². The molecular formula is C20H28O6. The van der Waals surface area contributed by atoms with E-state index in [2.05, 4.69) is 6.92 Å². The number of ether oxygens (including phenoxy) is 2. The third-order valence-electron chi connectivity index (χ3n) is 7.08. The molecule has 0 spiro atoms. The van der Waals surface area contributed by atoms with Gasteiger partial charge in [0.2, 0.25) is 0 Å². The van der Waals surface area contributed by atoms with Crippen molar-refractivity contribution in [3.05, 3.63) is 23.2 Å². The number of aryl methyl sites for hydroxylation is 1. The molecular weight excluding hydrogens is 336 g/mol. The van der Waals surface area contributed by atoms with Gasteiger partial charge < -0.3 is 24.1 Å². The van der Waals surface area contributed by atoms with Gasteiger partial charge in [-0.1, -0.05) is 6.92 Å². The predicted molar refractivity (Wildman–Crippen MR) is 92.4 cm³/mol. The molecule has 1 aromatic rings. The van der Waals surface area contributed by atoms with Gasteiger partial charge in [0.25, 0.3) is 0 Å². The lowest BCUT2D eigenvalue weighted by atomic mass is 9.53. The number of furan rings is 1. The van der Waals surface area contributed by atoms with Gasteiger partial charge in [0.1, 0.15) is 17.5 Å². The highest BCUT2D eigenvalue weighted by Crippen LogP contribution is 2.58. The molecule has 0 radical (unpaired) electrons. The number of carbonyl (C=O) groups is 1. The van der Waals surface area contributed by atoms with Gasteiger partial charge in [0, 0.05) is 17.9 Å². The van der Waals surface area contributed by atoms with Crippen LogP contribution in [0, 0.1) is 18.3 Å². The maximum absolute atomic E-state index is 12.5. The number of fused-ring (bicyclic) bond motifs is 2. The minimum Gasteiger partial charge on any atom is -0.469 e. The van der Waals surface area contributed by atoms with Crippen LogP contribution in [-0.2, 0) is 20.7 Å². The standard InChI is InChI=1S/C20H28O6/c1-10-9-24-12-8-18(3)7-6-13(25-17(22)20(5)11(2)26-20)19(4,23)16(18)15(21)14(10)12/h9,11,13,15-16,21,23H,6-8H2,1-5H3/t11-,13-,15-,16-,18-,19-,20+/m1/s1. The second kappa shape index (κ2) is 5.33. The van der Waals surface area contributed by atoms with Crippen LogP contribution in [0.5, 0.6) is 0 Å². The van der Waals surface area contributed by atoms with Crippen LogP contribution >= 0.6 is 0 Å². The van der Waals surface area contributed by atoms with Crippen molar-refractivity contribution < 1.29 is 28.9 Å². The van der Waals surface area contributed by atoms with Gasteiger partial charge in [-0.05, 0) is 51.5 Å². The minimum atomic E-state index is -1.35. The van der Waals surface area contributed by atoms with Gasteiger partial charge >= 0.3 is 5.97 Å². The molecule has 4 rings (SSSR count). The van der Waals surface area contributed by atoms with Crippen LogP contribution in [0.1, 0.15) is 63.5 Å². The van der Waals surface area contributed by atoms with E-state index in [0.29, 0.717) is 12.8 Å². The zero-order valence-corrected chi connectivity index (χ0v) is 16.0. The summed E-state index contributed by atoms with van der Waals surface area (Å²) in [7, 11) is 0. The highest BCUT2D eigenvalue weighted by Gasteiger charge is 2.63. The Labute approximate surface area is 153 Å². The van der Waals surface area contributed by atoms with E-state index in [4.69, 9.17) is 13.9 Å². The summed E-state index contributed by atoms with van der Waals surface area (Å²) in [5, 5.41) is 22.5. The van der Waals surface area contributed by atoms with Crippen molar-refractivity contribution in [3.8, 4) is 0 Å². The number of hydrogen-bond acceptors (Lipinski definition) is 6. The van der Waals surface area contributed by atoms with Crippen LogP contribution in [0.3, 0.4) is 0 Å². The molecule has 1 saturated carbocycles. The van der Waals surface area contributed by atoms with Crippen molar-refractivity contribution in [2.24, 2.45) is 11.3 Å². The molecule has 2 fully saturated rings. The largest absolute Gasteiger partial charge is 0.469 e. The first-order chi connectivity index (χ1) is 12.0. The average Bonchev–Trinajstić information content (AvgIpc) is 2.98. The fourth-order valence-corrected chi connectivity index (χ4v) is 5.26. The Morgan fingerprint density at radius 2 is 2.00 bits per heavy atom. The first-order valence-corrected chi connectivity index (χ1v) is 9.37. The fourth-order valence-electron chi connectivity index (χ4n) is 5.26. The summed E-state index contributed by atoms with van der Waals surface area (Å²) in [6, 6.07) is 0. The van der Waals surface area contributed by atoms with Crippen molar-refractivity contribution >= 4 is 5.97 Å². The lowest BCUT2D eigenvalue weighted by Crippen LogP contribution is -2.61. The Hall–Kier alpha value is -1.37. The lowest BCUT2D eigenvalue weighted by Gasteiger charge is -2.56. The predicted octanol–water partition coefficient (Wildman–Crippen LogP) is 2.43. The molecule has 1 aliphatic heterocycles. The van der Waals surface area contributed by atoms with Gasteiger partial charge in [0.15, 0.2) is 5.60 Å². The van der Waals surface area contributed by atoms with Gasteiger partial charge in [0.05, 0.1) is 18.5 Å². The molecule has 2 N–H and O–H groups in total. The van der Waals surface area contributed by atoms with Crippen LogP contribution in [0.4, 0.5) is 0 Å². The quantitative estimate of drug-likeness (QED) is 0.618. The number of epoxide rings is 1. The number of aliphatic hydroxyl groups is 2. The maximum Gasteiger partial charge on any atom is 0.341 e. The Kier molecular flexibility index (Phi) is 3.70. The molecule has 144 valence electrons. The summed E-state index contributed by atoms with van der Waals surface area (Å²) in [6.45, 7) is 9.18. The van der Waals surface area contributed by atoms with Crippen molar-refractivity contribution in [1.29, 1.82) is 0 Å². The topological polar surface area (TPSA) is 92.4 Å². The van der Waals surface area contributed by atoms with E-state index < -0.39 is 35.3 Å². The van der Waals surface area contributed by atoms with Crippen LogP contribution < -0.4 is 0 Å². The van der Waals surface area contributed by atoms with Crippen molar-refractivity contribution in [2.45, 2.75) is 83.4 Å². The van der Waals surface area contributed by atoms with E-state index in [1.807, 2.05) is 13.8 Å². The van der Waals surface area contributed by atoms with Crippen LogP contribution in [0.2, 0.25) is 0 Å². The number of rotatable bonds is 2. The number of hydrogen-bond donors (Lipinski definition) is 2. The van der Waals surface area contributed by atoms with E-state index >= 15 is 0 Å². The van der Waals surface area contributed by atoms with Crippen molar-refractivity contribution in [3.63, 3.8) is 0 Å². The maximum atomic E-state index is 12.5. The summed E-state index contributed by atoms with van der Waals surface area (Å²) >= 11 is 0. The summed E-state index contributed by atoms with van der Waals surface area (Å²) in [4.78, 5) is 12.5. The summed E-state index contributed by atoms with van der Waals surface area (Å²) in [5.74, 6) is -0.0900. The molecule has 0 aromatic carbocycles. The number of carbonyl (C=O) groups excluding carboxylic acids is 1. The highest BCUT2D eigenvalue weighted by atomic mass is 16.7. The SMILES string of the molecule is Cc1coc2c1[C@@H](O)[C@@H]1[C@](C)(CC[C@@H](OC(=O)[C@@]3(C)O[C@@H]3C)[C@@]1(C)O)C2. The van der Waals surface area contributed by atoms with Crippen molar-refractivity contribution in [2.75, 3.05) is 0 Å². The summed E-state index contributed by atoms with van der Waals surface area (Å²) in [6.07, 6.45) is 1.88. The normalized spacial score (nSPS) is 47.0. The van der Waals surface area contributed by atoms with Crippen molar-refractivity contribution in [1.82, 2.24) is 0 Å². The molecule has 3 aliphatic rings. The van der Waals surface area contributed by atoms with Gasteiger partial charge in [-0.3, -0.25) is 0 Å². The molecule has 0 bridgehead atoms. The zero-order valence-electron chi connectivity index (χ0n) is 16.0. The first kappa shape index (κ1) is 18.0. The third kappa shape index (κ3) is 2.31. The Bertz CT molecular complexity index is 751. The molecule has 2 heterocycles. The van der Waals surface area contributed by atoms with Crippen LogP contribution in [0.15, 0.2) is 10.7 Å². The molecule has 0 unspecified atom stereocenters. The second-order valence-electron chi connectivity index (χ2n) is 9.03. The van der Waals surface area contributed by atoms with Crippen LogP contribution in [-0.4, -0.2) is 39.6 Å². The molecule has 1 aromatic heterocycles. The smallest absolute Gasteiger partial charge is 0.341 e. The lowest BCUT2D eigenvalue weighted by molar-refractivity contribution is -0.221. The third-order valence-corrected chi connectivity index (χ3v) is 7.08. The Balaban J connectivity index is 1.64. The molecule has 7 atom stereocenters. The Morgan fingerprint density at radius 3 is 2.62 bits per heavy atom. The molecule has 1 saturated heterocycles. The monoisotopic (exact) mass is 364 g/mol. The van der Waals surface area contributed by atoms with E-state index in [1.165, 1.54) is 0 Å². The van der Waals surface area contributed by atoms with Crippen LogP contribution in [0.25, 0.3) is 0 Å². The van der Waals surface area contributed by atoms with E-state index in [1.54, 1.807) is 20.1 Å². The molecule has 0 amide bonds. The van der Waals surface area contributed by atoms with Gasteiger partial charge in [-0.2, -0.15) is 0 Å². The minimum absolute atomic E-state index is 0.176.